The Kier molecular flexibility index (Phi) is 6.15. The number of hydrogen-bond acceptors (Lipinski definition) is 6. The topological polar surface area (TPSA) is 106 Å². The SMILES string of the molecule is Cc1ccc(-c2nnc([C@H]3C[C@H](NC(=O)c4cccc(C(=O)N5CCC5)n4)C3)n2-c2ccccc2F)nc1. The Labute approximate surface area is 218 Å². The third kappa shape index (κ3) is 4.42. The number of pyridine rings is 2. The molecule has 4 aromatic rings. The number of carbonyl (C=O) groups is 2. The van der Waals surface area contributed by atoms with Crippen LogP contribution in [0.3, 0.4) is 0 Å². The van der Waals surface area contributed by atoms with Gasteiger partial charge in [0.15, 0.2) is 5.82 Å². The molecular formula is C28H26FN7O2. The van der Waals surface area contributed by atoms with Gasteiger partial charge in [-0.25, -0.2) is 9.37 Å². The Hall–Kier alpha value is -4.47. The molecule has 10 heteroatoms. The number of carbonyl (C=O) groups excluding carboxylic acids is 2. The molecule has 1 N–H and O–H groups in total. The van der Waals surface area contributed by atoms with E-state index in [2.05, 4.69) is 25.5 Å². The molecule has 1 saturated carbocycles. The molecule has 1 aliphatic carbocycles. The van der Waals surface area contributed by atoms with E-state index >= 15 is 0 Å². The van der Waals surface area contributed by atoms with Crippen LogP contribution in [0, 0.1) is 12.7 Å². The van der Waals surface area contributed by atoms with Crippen LogP contribution in [0.15, 0.2) is 60.8 Å². The lowest BCUT2D eigenvalue weighted by molar-refractivity contribution is 0.0645. The molecule has 1 saturated heterocycles. The maximum atomic E-state index is 14.9. The van der Waals surface area contributed by atoms with Crippen LogP contribution in [0.25, 0.3) is 17.2 Å². The first-order chi connectivity index (χ1) is 18.5. The average molecular weight is 512 g/mol. The number of nitrogens with one attached hydrogen (secondary N) is 1. The highest BCUT2D eigenvalue weighted by molar-refractivity contribution is 5.96. The zero-order valence-electron chi connectivity index (χ0n) is 20.8. The van der Waals surface area contributed by atoms with Crippen LogP contribution in [-0.4, -0.2) is 60.6 Å². The summed E-state index contributed by atoms with van der Waals surface area (Å²) in [5.41, 5.74) is 2.44. The van der Waals surface area contributed by atoms with Crippen molar-refractivity contribution < 1.29 is 14.0 Å². The van der Waals surface area contributed by atoms with Crippen LogP contribution in [0.4, 0.5) is 4.39 Å². The fourth-order valence-corrected chi connectivity index (χ4v) is 4.76. The maximum absolute atomic E-state index is 14.9. The summed E-state index contributed by atoms with van der Waals surface area (Å²) in [5.74, 6) is 0.195. The molecular weight excluding hydrogens is 485 g/mol. The molecule has 2 aliphatic rings. The second kappa shape index (κ2) is 9.77. The molecule has 3 aromatic heterocycles. The van der Waals surface area contributed by atoms with Crippen molar-refractivity contribution in [3.8, 4) is 17.2 Å². The van der Waals surface area contributed by atoms with Crippen molar-refractivity contribution in [1.82, 2.24) is 34.9 Å². The molecule has 9 nitrogen and oxygen atoms in total. The van der Waals surface area contributed by atoms with E-state index in [4.69, 9.17) is 0 Å². The normalized spacial score (nSPS) is 18.4. The Morgan fingerprint density at radius 1 is 0.974 bits per heavy atom. The van der Waals surface area contributed by atoms with E-state index in [1.54, 1.807) is 52.1 Å². The summed E-state index contributed by atoms with van der Waals surface area (Å²) in [4.78, 5) is 35.8. The number of amides is 2. The molecule has 1 aliphatic heterocycles. The van der Waals surface area contributed by atoms with Crippen molar-refractivity contribution in [3.05, 3.63) is 89.4 Å². The molecule has 38 heavy (non-hydrogen) atoms. The second-order valence-corrected chi connectivity index (χ2v) is 9.78. The van der Waals surface area contributed by atoms with E-state index in [1.807, 2.05) is 19.1 Å². The Balaban J connectivity index is 1.19. The van der Waals surface area contributed by atoms with Gasteiger partial charge in [0.05, 0.1) is 5.69 Å². The van der Waals surface area contributed by atoms with Gasteiger partial charge in [0.1, 0.15) is 28.7 Å². The number of aryl methyl sites for hydroxylation is 1. The first kappa shape index (κ1) is 23.9. The van der Waals surface area contributed by atoms with Crippen LogP contribution in [0.2, 0.25) is 0 Å². The number of hydrogen-bond donors (Lipinski definition) is 1. The van der Waals surface area contributed by atoms with E-state index in [0.717, 1.165) is 25.1 Å². The summed E-state index contributed by atoms with van der Waals surface area (Å²) >= 11 is 0. The summed E-state index contributed by atoms with van der Waals surface area (Å²) in [5, 5.41) is 11.8. The maximum Gasteiger partial charge on any atom is 0.272 e. The van der Waals surface area contributed by atoms with Crippen molar-refractivity contribution in [3.63, 3.8) is 0 Å². The monoisotopic (exact) mass is 511 g/mol. The van der Waals surface area contributed by atoms with Gasteiger partial charge in [-0.15, -0.1) is 10.2 Å². The molecule has 4 heterocycles. The second-order valence-electron chi connectivity index (χ2n) is 9.78. The van der Waals surface area contributed by atoms with Crippen molar-refractivity contribution in [2.45, 2.75) is 38.1 Å². The lowest BCUT2D eigenvalue weighted by atomic mass is 9.79. The largest absolute Gasteiger partial charge is 0.348 e. The van der Waals surface area contributed by atoms with Gasteiger partial charge in [-0.1, -0.05) is 24.3 Å². The van der Waals surface area contributed by atoms with E-state index in [1.165, 1.54) is 6.07 Å². The Morgan fingerprint density at radius 2 is 1.76 bits per heavy atom. The van der Waals surface area contributed by atoms with Crippen LogP contribution in [0.5, 0.6) is 0 Å². The highest BCUT2D eigenvalue weighted by Gasteiger charge is 2.37. The molecule has 6 rings (SSSR count). The molecule has 0 bridgehead atoms. The standard InChI is InChI=1S/C28H26FN7O2/c1-17-10-11-21(30-16-17)26-34-33-25(36(26)24-9-3-2-6-20(24)29)18-14-19(15-18)31-27(37)22-7-4-8-23(32-22)28(38)35-12-5-13-35/h2-4,6-11,16,18-19H,5,12-15H2,1H3,(H,31,37)/t18-,19-. The molecule has 0 atom stereocenters. The highest BCUT2D eigenvalue weighted by atomic mass is 19.1. The van der Waals surface area contributed by atoms with E-state index in [9.17, 15) is 14.0 Å². The minimum Gasteiger partial charge on any atom is -0.348 e. The smallest absolute Gasteiger partial charge is 0.272 e. The van der Waals surface area contributed by atoms with Crippen molar-refractivity contribution in [2.75, 3.05) is 13.1 Å². The van der Waals surface area contributed by atoms with Gasteiger partial charge in [-0.2, -0.15) is 0 Å². The molecule has 192 valence electrons. The van der Waals surface area contributed by atoms with Gasteiger partial charge in [0, 0.05) is 31.2 Å². The van der Waals surface area contributed by atoms with Gasteiger partial charge >= 0.3 is 0 Å². The molecule has 2 amide bonds. The van der Waals surface area contributed by atoms with Crippen molar-refractivity contribution >= 4 is 11.8 Å². The highest BCUT2D eigenvalue weighted by Crippen LogP contribution is 2.39. The van der Waals surface area contributed by atoms with Crippen molar-refractivity contribution in [1.29, 1.82) is 0 Å². The fraction of sp³-hybridized carbons (Fsp3) is 0.286. The van der Waals surface area contributed by atoms with Gasteiger partial charge in [0.25, 0.3) is 11.8 Å². The summed E-state index contributed by atoms with van der Waals surface area (Å²) in [6, 6.07) is 15.1. The first-order valence-electron chi connectivity index (χ1n) is 12.7. The third-order valence-electron chi connectivity index (χ3n) is 7.10. The number of nitrogens with zero attached hydrogens (tertiary/aromatic N) is 6. The Bertz CT molecular complexity index is 1510. The summed E-state index contributed by atoms with van der Waals surface area (Å²) in [7, 11) is 0. The lowest BCUT2D eigenvalue weighted by Gasteiger charge is -2.35. The van der Waals surface area contributed by atoms with Crippen LogP contribution in [-0.2, 0) is 0 Å². The molecule has 2 fully saturated rings. The summed E-state index contributed by atoms with van der Waals surface area (Å²) < 4.78 is 16.6. The van der Waals surface area contributed by atoms with Gasteiger partial charge in [0.2, 0.25) is 0 Å². The van der Waals surface area contributed by atoms with Crippen LogP contribution >= 0.6 is 0 Å². The fourth-order valence-electron chi connectivity index (χ4n) is 4.76. The minimum absolute atomic E-state index is 0.0288. The number of halogens is 1. The van der Waals surface area contributed by atoms with Crippen LogP contribution < -0.4 is 5.32 Å². The van der Waals surface area contributed by atoms with Gasteiger partial charge < -0.3 is 10.2 Å². The first-order valence-corrected chi connectivity index (χ1v) is 12.7. The van der Waals surface area contributed by atoms with Gasteiger partial charge in [-0.3, -0.25) is 19.1 Å². The zero-order valence-corrected chi connectivity index (χ0v) is 20.8. The molecule has 0 radical (unpaired) electrons. The predicted octanol–water partition coefficient (Wildman–Crippen LogP) is 3.69. The quantitative estimate of drug-likeness (QED) is 0.423. The minimum atomic E-state index is -0.384. The molecule has 0 unspecified atom stereocenters. The van der Waals surface area contributed by atoms with Crippen molar-refractivity contribution in [2.24, 2.45) is 0 Å². The number of likely N-dealkylation sites (tertiary alicyclic amines) is 1. The number of aromatic nitrogens is 5. The summed E-state index contributed by atoms with van der Waals surface area (Å²) in [6.07, 6.45) is 3.96. The predicted molar refractivity (Wildman–Crippen MR) is 137 cm³/mol. The zero-order chi connectivity index (χ0) is 26.2. The van der Waals surface area contributed by atoms with Gasteiger partial charge in [-0.05, 0) is 62.1 Å². The van der Waals surface area contributed by atoms with E-state index in [-0.39, 0.29) is 41.0 Å². The molecule has 0 spiro atoms. The lowest BCUT2D eigenvalue weighted by Crippen LogP contribution is -2.44. The molecule has 1 aromatic carbocycles. The number of para-hydroxylation sites is 1. The van der Waals surface area contributed by atoms with E-state index < -0.39 is 0 Å². The van der Waals surface area contributed by atoms with Crippen LogP contribution in [0.1, 0.15) is 57.5 Å². The Morgan fingerprint density at radius 3 is 2.47 bits per heavy atom. The third-order valence-corrected chi connectivity index (χ3v) is 7.10. The summed E-state index contributed by atoms with van der Waals surface area (Å²) in [6.45, 7) is 3.39. The number of benzene rings is 1. The average Bonchev–Trinajstić information content (AvgIpc) is 3.29. The van der Waals surface area contributed by atoms with E-state index in [0.29, 0.717) is 35.9 Å². The number of rotatable bonds is 6.